The van der Waals surface area contributed by atoms with E-state index in [0.29, 0.717) is 30.3 Å². The van der Waals surface area contributed by atoms with E-state index < -0.39 is 10.0 Å². The first-order valence-electron chi connectivity index (χ1n) is 11.5. The summed E-state index contributed by atoms with van der Waals surface area (Å²) < 4.78 is 29.2. The molecule has 35 heavy (non-hydrogen) atoms. The predicted octanol–water partition coefficient (Wildman–Crippen LogP) is 5.25. The lowest BCUT2D eigenvalue weighted by molar-refractivity contribution is 0.0983. The number of nitrogens with zero attached hydrogens (tertiary/aromatic N) is 4. The molecule has 1 saturated heterocycles. The quantitative estimate of drug-likeness (QED) is 0.335. The Balaban J connectivity index is 0.00000342. The zero-order valence-corrected chi connectivity index (χ0v) is 23.9. The Kier molecular flexibility index (Phi) is 9.70. The third-order valence-electron chi connectivity index (χ3n) is 6.15. The van der Waals surface area contributed by atoms with Gasteiger partial charge in [-0.25, -0.2) is 13.4 Å². The molecule has 0 saturated carbocycles. The van der Waals surface area contributed by atoms with Crippen LogP contribution in [0.5, 0.6) is 0 Å². The molecule has 0 atom stereocenters. The second-order valence-electron chi connectivity index (χ2n) is 8.23. The van der Waals surface area contributed by atoms with Crippen LogP contribution in [0.25, 0.3) is 10.2 Å². The maximum absolute atomic E-state index is 13.6. The van der Waals surface area contributed by atoms with Gasteiger partial charge in [-0.3, -0.25) is 9.69 Å². The molecule has 0 bridgehead atoms. The van der Waals surface area contributed by atoms with Crippen molar-refractivity contribution in [3.63, 3.8) is 0 Å². The van der Waals surface area contributed by atoms with Crippen molar-refractivity contribution in [2.75, 3.05) is 44.2 Å². The average Bonchev–Trinajstić information content (AvgIpc) is 3.52. The Morgan fingerprint density at radius 3 is 2.34 bits per heavy atom. The van der Waals surface area contributed by atoms with Crippen molar-refractivity contribution in [2.24, 2.45) is 0 Å². The molecule has 1 amide bonds. The molecule has 11 heteroatoms. The lowest BCUT2D eigenvalue weighted by Gasteiger charge is -2.25. The number of amides is 1. The van der Waals surface area contributed by atoms with Crippen LogP contribution in [0.4, 0.5) is 5.13 Å². The summed E-state index contributed by atoms with van der Waals surface area (Å²) in [5, 5.41) is 0.638. The fraction of sp³-hybridized carbons (Fsp3) is 0.417. The van der Waals surface area contributed by atoms with Gasteiger partial charge in [-0.2, -0.15) is 4.31 Å². The summed E-state index contributed by atoms with van der Waals surface area (Å²) in [5.41, 5.74) is 1.29. The van der Waals surface area contributed by atoms with E-state index in [4.69, 9.17) is 4.98 Å². The van der Waals surface area contributed by atoms with Crippen molar-refractivity contribution in [2.45, 2.75) is 31.6 Å². The number of rotatable bonds is 9. The van der Waals surface area contributed by atoms with E-state index in [-0.39, 0.29) is 23.2 Å². The molecule has 2 heterocycles. The normalized spacial score (nSPS) is 14.4. The Bertz CT molecular complexity index is 1260. The summed E-state index contributed by atoms with van der Waals surface area (Å²) in [6.07, 6.45) is 1.77. The Morgan fingerprint density at radius 2 is 1.71 bits per heavy atom. The molecular weight excluding hydrogens is 572 g/mol. The van der Waals surface area contributed by atoms with Crippen molar-refractivity contribution in [3.8, 4) is 0 Å². The van der Waals surface area contributed by atoms with E-state index in [2.05, 4.69) is 34.7 Å². The van der Waals surface area contributed by atoms with Gasteiger partial charge in [0.05, 0.1) is 15.1 Å². The molecule has 1 aromatic heterocycles. The molecule has 0 unspecified atom stereocenters. The van der Waals surface area contributed by atoms with Gasteiger partial charge in [-0.15, -0.1) is 12.4 Å². The van der Waals surface area contributed by atoms with Crippen LogP contribution in [0.15, 0.2) is 51.8 Å². The maximum atomic E-state index is 13.6. The highest BCUT2D eigenvalue weighted by Crippen LogP contribution is 2.32. The topological polar surface area (TPSA) is 73.8 Å². The molecule has 1 fully saturated rings. The number of fused-ring (bicyclic) bond motifs is 1. The first-order valence-corrected chi connectivity index (χ1v) is 14.6. The number of hydrogen-bond donors (Lipinski definition) is 0. The van der Waals surface area contributed by atoms with Crippen LogP contribution in [0.1, 0.15) is 37.0 Å². The standard InChI is InChI=1S/C24H29BrN4O3S2.ClH/c1-3-27(4-2)15-16-29(24-26-21-12-9-19(25)17-22(21)33-24)23(30)18-7-10-20(11-8-18)34(31,32)28-13-5-6-14-28;/h7-12,17H,3-6,13-16H2,1-2H3;1H. The molecule has 7 nitrogen and oxygen atoms in total. The Hall–Kier alpha value is -1.56. The van der Waals surface area contributed by atoms with Gasteiger partial charge < -0.3 is 4.90 Å². The number of thiazole rings is 1. The van der Waals surface area contributed by atoms with Crippen molar-refractivity contribution in [3.05, 3.63) is 52.5 Å². The third kappa shape index (κ3) is 6.23. The van der Waals surface area contributed by atoms with Crippen LogP contribution in [0.2, 0.25) is 0 Å². The van der Waals surface area contributed by atoms with Gasteiger partial charge in [0.25, 0.3) is 5.91 Å². The number of carbonyl (C=O) groups is 1. The molecule has 0 N–H and O–H groups in total. The minimum Gasteiger partial charge on any atom is -0.302 e. The summed E-state index contributed by atoms with van der Waals surface area (Å²) in [4.78, 5) is 22.5. The van der Waals surface area contributed by atoms with Crippen LogP contribution in [0, 0.1) is 0 Å². The second kappa shape index (κ2) is 12.1. The van der Waals surface area contributed by atoms with E-state index in [9.17, 15) is 13.2 Å². The summed E-state index contributed by atoms with van der Waals surface area (Å²) in [6, 6.07) is 12.2. The molecule has 1 aliphatic heterocycles. The van der Waals surface area contributed by atoms with E-state index >= 15 is 0 Å². The number of hydrogen-bond acceptors (Lipinski definition) is 6. The first kappa shape index (κ1) is 28.0. The van der Waals surface area contributed by atoms with E-state index in [1.807, 2.05) is 18.2 Å². The van der Waals surface area contributed by atoms with E-state index in [1.54, 1.807) is 29.2 Å². The number of sulfonamides is 1. The van der Waals surface area contributed by atoms with Gasteiger partial charge in [0.2, 0.25) is 10.0 Å². The van der Waals surface area contributed by atoms with Crippen molar-refractivity contribution in [1.29, 1.82) is 0 Å². The van der Waals surface area contributed by atoms with Crippen LogP contribution in [-0.4, -0.2) is 67.8 Å². The zero-order chi connectivity index (χ0) is 24.3. The maximum Gasteiger partial charge on any atom is 0.260 e. The van der Waals surface area contributed by atoms with Gasteiger partial charge >= 0.3 is 0 Å². The Morgan fingerprint density at radius 1 is 1.06 bits per heavy atom. The average molecular weight is 602 g/mol. The molecule has 2 aromatic carbocycles. The van der Waals surface area contributed by atoms with E-state index in [0.717, 1.165) is 47.2 Å². The van der Waals surface area contributed by atoms with Crippen molar-refractivity contribution >= 4 is 71.0 Å². The number of aromatic nitrogens is 1. The van der Waals surface area contributed by atoms with Gasteiger partial charge in [-0.05, 0) is 68.4 Å². The number of likely N-dealkylation sites (N-methyl/N-ethyl adjacent to an activating group) is 1. The molecule has 0 aliphatic carbocycles. The smallest absolute Gasteiger partial charge is 0.260 e. The second-order valence-corrected chi connectivity index (χ2v) is 12.1. The minimum atomic E-state index is -3.52. The van der Waals surface area contributed by atoms with E-state index in [1.165, 1.54) is 15.6 Å². The summed E-state index contributed by atoms with van der Waals surface area (Å²) in [7, 11) is -3.52. The molecule has 190 valence electrons. The van der Waals surface area contributed by atoms with Crippen LogP contribution < -0.4 is 4.90 Å². The van der Waals surface area contributed by atoms with Gasteiger partial charge in [0.1, 0.15) is 0 Å². The molecule has 0 radical (unpaired) electrons. The molecule has 4 rings (SSSR count). The summed E-state index contributed by atoms with van der Waals surface area (Å²) >= 11 is 4.98. The number of benzene rings is 2. The van der Waals surface area contributed by atoms with Gasteiger partial charge in [0.15, 0.2) is 5.13 Å². The summed E-state index contributed by atoms with van der Waals surface area (Å²) in [5.74, 6) is -0.185. The molecule has 0 spiro atoms. The predicted molar refractivity (Wildman–Crippen MR) is 148 cm³/mol. The molecular formula is C24H30BrClN4O3S2. The highest BCUT2D eigenvalue weighted by atomic mass is 79.9. The zero-order valence-electron chi connectivity index (χ0n) is 19.8. The van der Waals surface area contributed by atoms with Crippen LogP contribution in [-0.2, 0) is 10.0 Å². The monoisotopic (exact) mass is 600 g/mol. The Labute approximate surface area is 225 Å². The lowest BCUT2D eigenvalue weighted by atomic mass is 10.2. The lowest BCUT2D eigenvalue weighted by Crippen LogP contribution is -2.38. The summed E-state index contributed by atoms with van der Waals surface area (Å²) in [6.45, 7) is 8.32. The first-order chi connectivity index (χ1) is 16.3. The minimum absolute atomic E-state index is 0. The fourth-order valence-corrected chi connectivity index (χ4v) is 7.13. The van der Waals surface area contributed by atoms with Crippen LogP contribution >= 0.6 is 39.7 Å². The van der Waals surface area contributed by atoms with Gasteiger partial charge in [-0.1, -0.05) is 41.1 Å². The molecule has 1 aliphatic rings. The number of anilines is 1. The molecule has 3 aromatic rings. The highest BCUT2D eigenvalue weighted by Gasteiger charge is 2.28. The fourth-order valence-electron chi connectivity index (χ4n) is 4.07. The SMILES string of the molecule is CCN(CC)CCN(C(=O)c1ccc(S(=O)(=O)N2CCCC2)cc1)c1nc2ccc(Br)cc2s1.Cl. The number of carbonyl (C=O) groups excluding carboxylic acids is 1. The highest BCUT2D eigenvalue weighted by molar-refractivity contribution is 9.10. The third-order valence-corrected chi connectivity index (χ3v) is 9.60. The van der Waals surface area contributed by atoms with Crippen molar-refractivity contribution in [1.82, 2.24) is 14.2 Å². The van der Waals surface area contributed by atoms with Crippen molar-refractivity contribution < 1.29 is 13.2 Å². The van der Waals surface area contributed by atoms with Crippen LogP contribution in [0.3, 0.4) is 0 Å². The largest absolute Gasteiger partial charge is 0.302 e. The number of halogens is 2. The van der Waals surface area contributed by atoms with Gasteiger partial charge in [0, 0.05) is 36.2 Å².